The molecular weight excluding hydrogens is 220 g/mol. The van der Waals surface area contributed by atoms with Gasteiger partial charge in [-0.25, -0.2) is 0 Å². The maximum absolute atomic E-state index is 5.78. The van der Waals surface area contributed by atoms with E-state index in [2.05, 4.69) is 38.1 Å². The van der Waals surface area contributed by atoms with Crippen molar-refractivity contribution in [3.05, 3.63) is 29.8 Å². The van der Waals surface area contributed by atoms with Crippen molar-refractivity contribution in [2.45, 2.75) is 65.2 Å². The Labute approximate surface area is 113 Å². The molecule has 1 nitrogen and oxygen atoms in total. The molecule has 0 aliphatic carbocycles. The Morgan fingerprint density at radius 1 is 0.889 bits per heavy atom. The van der Waals surface area contributed by atoms with Gasteiger partial charge < -0.3 is 4.74 Å². The molecule has 102 valence electrons. The molecule has 0 amide bonds. The van der Waals surface area contributed by atoms with Crippen LogP contribution < -0.4 is 4.74 Å². The Balaban J connectivity index is 2.27. The van der Waals surface area contributed by atoms with Gasteiger partial charge >= 0.3 is 0 Å². The predicted octanol–water partition coefficient (Wildman–Crippen LogP) is 5.38. The quantitative estimate of drug-likeness (QED) is 0.505. The molecular formula is C17H28O. The van der Waals surface area contributed by atoms with Crippen LogP contribution in [0.25, 0.3) is 0 Å². The van der Waals surface area contributed by atoms with E-state index in [0.29, 0.717) is 0 Å². The molecule has 0 aliphatic rings. The van der Waals surface area contributed by atoms with Gasteiger partial charge in [0, 0.05) is 0 Å². The van der Waals surface area contributed by atoms with E-state index in [4.69, 9.17) is 4.74 Å². The van der Waals surface area contributed by atoms with Crippen LogP contribution in [0.1, 0.15) is 64.4 Å². The molecule has 0 radical (unpaired) electrons. The fraction of sp³-hybridized carbons (Fsp3) is 0.647. The maximum atomic E-state index is 5.78. The first-order chi connectivity index (χ1) is 8.86. The zero-order valence-corrected chi connectivity index (χ0v) is 12.1. The number of unbranched alkanes of at least 4 members (excludes halogenated alkanes) is 5. The van der Waals surface area contributed by atoms with Crippen LogP contribution in [0.2, 0.25) is 0 Å². The van der Waals surface area contributed by atoms with Crippen LogP contribution in [-0.4, -0.2) is 6.61 Å². The highest BCUT2D eigenvalue weighted by Gasteiger charge is 1.97. The minimum absolute atomic E-state index is 0.854. The highest BCUT2D eigenvalue weighted by molar-refractivity contribution is 5.28. The lowest BCUT2D eigenvalue weighted by Gasteiger charge is -2.07. The van der Waals surface area contributed by atoms with Crippen LogP contribution in [0.4, 0.5) is 0 Å². The lowest BCUT2D eigenvalue weighted by molar-refractivity contribution is 0.306. The molecule has 1 aromatic rings. The third-order valence-corrected chi connectivity index (χ3v) is 3.23. The van der Waals surface area contributed by atoms with Crippen molar-refractivity contribution in [1.29, 1.82) is 0 Å². The van der Waals surface area contributed by atoms with Gasteiger partial charge in [-0.05, 0) is 37.0 Å². The second kappa shape index (κ2) is 9.99. The van der Waals surface area contributed by atoms with Gasteiger partial charge in [0.25, 0.3) is 0 Å². The number of ether oxygens (including phenoxy) is 1. The van der Waals surface area contributed by atoms with E-state index >= 15 is 0 Å². The molecule has 0 aliphatic heterocycles. The average Bonchev–Trinajstić information content (AvgIpc) is 2.40. The van der Waals surface area contributed by atoms with Crippen molar-refractivity contribution in [1.82, 2.24) is 0 Å². The zero-order chi connectivity index (χ0) is 13.1. The molecule has 1 aromatic carbocycles. The lowest BCUT2D eigenvalue weighted by Crippen LogP contribution is -1.97. The monoisotopic (exact) mass is 248 g/mol. The maximum Gasteiger partial charge on any atom is 0.119 e. The summed E-state index contributed by atoms with van der Waals surface area (Å²) in [5.74, 6) is 1.04. The van der Waals surface area contributed by atoms with Gasteiger partial charge in [-0.2, -0.15) is 0 Å². The zero-order valence-electron chi connectivity index (χ0n) is 12.1. The molecule has 1 rings (SSSR count). The van der Waals surface area contributed by atoms with Crippen molar-refractivity contribution < 1.29 is 4.74 Å². The lowest BCUT2D eigenvalue weighted by atomic mass is 10.1. The summed E-state index contributed by atoms with van der Waals surface area (Å²) in [4.78, 5) is 0. The molecule has 0 atom stereocenters. The first-order valence-corrected chi connectivity index (χ1v) is 7.58. The fourth-order valence-electron chi connectivity index (χ4n) is 2.09. The molecule has 0 fully saturated rings. The fourth-order valence-corrected chi connectivity index (χ4v) is 2.09. The van der Waals surface area contributed by atoms with Crippen LogP contribution in [0, 0.1) is 0 Å². The van der Waals surface area contributed by atoms with Crippen LogP contribution in [-0.2, 0) is 6.42 Å². The molecule has 0 saturated heterocycles. The Bertz CT molecular complexity index is 279. The molecule has 0 unspecified atom stereocenters. The standard InChI is InChI=1S/C17H28O/c1-3-5-7-8-11-16-12-10-13-17(15-16)18-14-9-6-4-2/h10,12-13,15H,3-9,11,14H2,1-2H3. The van der Waals surface area contributed by atoms with E-state index < -0.39 is 0 Å². The minimum Gasteiger partial charge on any atom is -0.494 e. The summed E-state index contributed by atoms with van der Waals surface area (Å²) in [7, 11) is 0. The molecule has 0 saturated carbocycles. The van der Waals surface area contributed by atoms with Gasteiger partial charge in [-0.3, -0.25) is 0 Å². The number of benzene rings is 1. The number of rotatable bonds is 10. The second-order valence-corrected chi connectivity index (χ2v) is 5.01. The van der Waals surface area contributed by atoms with Crippen LogP contribution >= 0.6 is 0 Å². The van der Waals surface area contributed by atoms with Crippen molar-refractivity contribution >= 4 is 0 Å². The smallest absolute Gasteiger partial charge is 0.119 e. The summed E-state index contributed by atoms with van der Waals surface area (Å²) in [5, 5.41) is 0. The van der Waals surface area contributed by atoms with E-state index in [0.717, 1.165) is 18.8 Å². The van der Waals surface area contributed by atoms with Crippen molar-refractivity contribution in [2.24, 2.45) is 0 Å². The van der Waals surface area contributed by atoms with Crippen molar-refractivity contribution in [2.75, 3.05) is 6.61 Å². The summed E-state index contributed by atoms with van der Waals surface area (Å²) in [5.41, 5.74) is 1.42. The van der Waals surface area contributed by atoms with E-state index in [-0.39, 0.29) is 0 Å². The summed E-state index contributed by atoms with van der Waals surface area (Å²) >= 11 is 0. The topological polar surface area (TPSA) is 9.23 Å². The highest BCUT2D eigenvalue weighted by atomic mass is 16.5. The minimum atomic E-state index is 0.854. The largest absolute Gasteiger partial charge is 0.494 e. The molecule has 0 aromatic heterocycles. The molecule has 18 heavy (non-hydrogen) atoms. The molecule has 1 heteroatoms. The first kappa shape index (κ1) is 15.1. The van der Waals surface area contributed by atoms with Gasteiger partial charge in [0.05, 0.1) is 6.61 Å². The Morgan fingerprint density at radius 3 is 2.44 bits per heavy atom. The van der Waals surface area contributed by atoms with Crippen LogP contribution in [0.15, 0.2) is 24.3 Å². The van der Waals surface area contributed by atoms with Gasteiger partial charge in [-0.15, -0.1) is 0 Å². The van der Waals surface area contributed by atoms with Gasteiger partial charge in [0.1, 0.15) is 5.75 Å². The third kappa shape index (κ3) is 6.68. The highest BCUT2D eigenvalue weighted by Crippen LogP contribution is 2.16. The van der Waals surface area contributed by atoms with Crippen molar-refractivity contribution in [3.8, 4) is 5.75 Å². The van der Waals surface area contributed by atoms with Gasteiger partial charge in [0.15, 0.2) is 0 Å². The number of aryl methyl sites for hydroxylation is 1. The van der Waals surface area contributed by atoms with E-state index in [1.807, 2.05) is 0 Å². The third-order valence-electron chi connectivity index (χ3n) is 3.23. The first-order valence-electron chi connectivity index (χ1n) is 7.58. The molecule has 0 spiro atoms. The SMILES string of the molecule is CCCCCCc1cccc(OCCCCC)c1. The summed E-state index contributed by atoms with van der Waals surface area (Å²) in [6.45, 7) is 5.33. The number of hydrogen-bond acceptors (Lipinski definition) is 1. The van der Waals surface area contributed by atoms with E-state index in [1.165, 1.54) is 50.5 Å². The van der Waals surface area contributed by atoms with Gasteiger partial charge in [0.2, 0.25) is 0 Å². The molecule has 0 heterocycles. The van der Waals surface area contributed by atoms with Crippen LogP contribution in [0.3, 0.4) is 0 Å². The second-order valence-electron chi connectivity index (χ2n) is 5.01. The Hall–Kier alpha value is -0.980. The summed E-state index contributed by atoms with van der Waals surface area (Å²) in [6, 6.07) is 8.61. The normalized spacial score (nSPS) is 10.6. The van der Waals surface area contributed by atoms with Crippen molar-refractivity contribution in [3.63, 3.8) is 0 Å². The Morgan fingerprint density at radius 2 is 1.67 bits per heavy atom. The van der Waals surface area contributed by atoms with E-state index in [1.54, 1.807) is 0 Å². The predicted molar refractivity (Wildman–Crippen MR) is 79.3 cm³/mol. The van der Waals surface area contributed by atoms with Gasteiger partial charge in [-0.1, -0.05) is 58.1 Å². The van der Waals surface area contributed by atoms with E-state index in [9.17, 15) is 0 Å². The Kier molecular flexibility index (Phi) is 8.37. The average molecular weight is 248 g/mol. The molecule has 0 N–H and O–H groups in total. The summed E-state index contributed by atoms with van der Waals surface area (Å²) < 4.78 is 5.78. The van der Waals surface area contributed by atoms with Crippen LogP contribution in [0.5, 0.6) is 5.75 Å². The number of hydrogen-bond donors (Lipinski definition) is 0. The molecule has 0 bridgehead atoms. The summed E-state index contributed by atoms with van der Waals surface area (Å²) in [6.07, 6.45) is 10.2.